The minimum atomic E-state index is -0.661. The number of ketones is 2. The van der Waals surface area contributed by atoms with Gasteiger partial charge >= 0.3 is 6.09 Å². The van der Waals surface area contributed by atoms with Crippen molar-refractivity contribution in [2.24, 2.45) is 50.2 Å². The van der Waals surface area contributed by atoms with Gasteiger partial charge in [-0.25, -0.2) is 9.64 Å². The lowest BCUT2D eigenvalue weighted by Crippen LogP contribution is -2.65. The van der Waals surface area contributed by atoms with Gasteiger partial charge in [-0.15, -0.1) is 0 Å². The number of ether oxygens (including phenoxy) is 2. The van der Waals surface area contributed by atoms with Crippen molar-refractivity contribution >= 4 is 17.7 Å². The summed E-state index contributed by atoms with van der Waals surface area (Å²) in [4.78, 5) is 46.5. The molecule has 1 amide bonds. The van der Waals surface area contributed by atoms with Crippen LogP contribution in [0.4, 0.5) is 4.79 Å². The standard InChI is InChI=1S/C36H50N2O5/c1-31(2)11-13-36(22-43-30(41)38-15-17-42-18-16-38)14-12-35(7)28(23(36)20-31)25(39)19-27-33(5)21-24(37-8)29(40)32(3,4)26(33)9-10-34(27,35)6/h19,21,23,26,28H,9-18,20,22H2,1-7H3/t23-,26-,28-,33-,34+,35+,36+/m0/s1. The van der Waals surface area contributed by atoms with Crippen LogP contribution in [0.3, 0.4) is 0 Å². The molecule has 1 heterocycles. The molecule has 6 rings (SSSR count). The van der Waals surface area contributed by atoms with E-state index in [0.717, 1.165) is 50.5 Å². The van der Waals surface area contributed by atoms with Gasteiger partial charge in [0.25, 0.3) is 0 Å². The van der Waals surface area contributed by atoms with Crippen LogP contribution in [0.5, 0.6) is 0 Å². The molecule has 4 fully saturated rings. The zero-order valence-corrected chi connectivity index (χ0v) is 27.3. The van der Waals surface area contributed by atoms with Gasteiger partial charge in [-0.2, -0.15) is 0 Å². The van der Waals surface area contributed by atoms with E-state index in [1.54, 1.807) is 4.90 Å². The van der Waals surface area contributed by atoms with Gasteiger partial charge in [-0.3, -0.25) is 4.79 Å². The molecule has 7 atom stereocenters. The predicted molar refractivity (Wildman–Crippen MR) is 164 cm³/mol. The minimum absolute atomic E-state index is 0.0427. The van der Waals surface area contributed by atoms with Gasteiger partial charge in [0.1, 0.15) is 0 Å². The van der Waals surface area contributed by atoms with E-state index in [1.807, 2.05) is 26.0 Å². The van der Waals surface area contributed by atoms with Crippen molar-refractivity contribution in [1.29, 1.82) is 0 Å². The summed E-state index contributed by atoms with van der Waals surface area (Å²) in [6.45, 7) is 25.9. The summed E-state index contributed by atoms with van der Waals surface area (Å²) < 4.78 is 11.5. The normalized spacial score (nSPS) is 43.1. The van der Waals surface area contributed by atoms with E-state index < -0.39 is 10.8 Å². The lowest BCUT2D eigenvalue weighted by molar-refractivity contribution is -0.178. The highest BCUT2D eigenvalue weighted by atomic mass is 16.6. The van der Waals surface area contributed by atoms with E-state index in [-0.39, 0.29) is 62.8 Å². The molecule has 3 saturated carbocycles. The second-order valence-electron chi connectivity index (χ2n) is 16.7. The first kappa shape index (κ1) is 30.6. The highest BCUT2D eigenvalue weighted by molar-refractivity contribution is 6.03. The molecule has 0 aromatic rings. The molecule has 0 spiro atoms. The number of hydrogen-bond acceptors (Lipinski definition) is 5. The number of fused-ring (bicyclic) bond motifs is 7. The Morgan fingerprint density at radius 1 is 1.02 bits per heavy atom. The largest absolute Gasteiger partial charge is 0.449 e. The first-order valence-corrected chi connectivity index (χ1v) is 16.5. The van der Waals surface area contributed by atoms with Crippen molar-refractivity contribution in [2.75, 3.05) is 32.9 Å². The fourth-order valence-corrected chi connectivity index (χ4v) is 11.0. The Hall–Kier alpha value is -2.46. The average molecular weight is 591 g/mol. The average Bonchev–Trinajstić information content (AvgIpc) is 2.95. The Morgan fingerprint density at radius 2 is 1.70 bits per heavy atom. The number of nitrogens with zero attached hydrogens (tertiary/aromatic N) is 2. The van der Waals surface area contributed by atoms with E-state index >= 15 is 0 Å². The van der Waals surface area contributed by atoms with Gasteiger partial charge < -0.3 is 19.2 Å². The van der Waals surface area contributed by atoms with Gasteiger partial charge in [0.15, 0.2) is 11.6 Å². The number of allylic oxidation sites excluding steroid dienone is 4. The molecular weight excluding hydrogens is 540 g/mol. The van der Waals surface area contributed by atoms with Crippen LogP contribution in [0.1, 0.15) is 93.4 Å². The molecule has 0 N–H and O–H groups in total. The fraction of sp³-hybridized carbons (Fsp3) is 0.778. The maximum Gasteiger partial charge on any atom is 0.409 e. The summed E-state index contributed by atoms with van der Waals surface area (Å²) in [6.07, 6.45) is 10.2. The summed E-state index contributed by atoms with van der Waals surface area (Å²) in [5.74, 6) is 0.133. The van der Waals surface area contributed by atoms with Crippen LogP contribution in [0.2, 0.25) is 0 Å². The van der Waals surface area contributed by atoms with Crippen LogP contribution < -0.4 is 0 Å². The lowest BCUT2D eigenvalue weighted by atomic mass is 9.34. The van der Waals surface area contributed by atoms with E-state index in [2.05, 4.69) is 39.5 Å². The third kappa shape index (κ3) is 4.25. The summed E-state index contributed by atoms with van der Waals surface area (Å²) in [7, 11) is 0. The van der Waals surface area contributed by atoms with Crippen LogP contribution in [-0.4, -0.2) is 55.5 Å². The molecular formula is C36H50N2O5. The molecule has 0 radical (unpaired) electrons. The Bertz CT molecular complexity index is 1350. The van der Waals surface area contributed by atoms with Crippen LogP contribution in [0.25, 0.3) is 4.85 Å². The number of rotatable bonds is 2. The molecule has 7 heteroatoms. The van der Waals surface area contributed by atoms with E-state index in [9.17, 15) is 14.4 Å². The van der Waals surface area contributed by atoms with E-state index in [4.69, 9.17) is 16.0 Å². The second kappa shape index (κ2) is 9.77. The smallest absolute Gasteiger partial charge is 0.409 e. The first-order chi connectivity index (χ1) is 20.0. The molecule has 0 bridgehead atoms. The first-order valence-electron chi connectivity index (χ1n) is 16.5. The highest BCUT2D eigenvalue weighted by Gasteiger charge is 2.69. The van der Waals surface area contributed by atoms with Crippen LogP contribution in [0, 0.1) is 56.8 Å². The number of hydrogen-bond donors (Lipinski definition) is 0. The van der Waals surface area contributed by atoms with Gasteiger partial charge in [-0.1, -0.05) is 60.1 Å². The molecule has 1 aliphatic heterocycles. The predicted octanol–water partition coefficient (Wildman–Crippen LogP) is 7.03. The Balaban J connectivity index is 1.40. The van der Waals surface area contributed by atoms with Crippen molar-refractivity contribution in [2.45, 2.75) is 93.4 Å². The maximum atomic E-state index is 14.7. The van der Waals surface area contributed by atoms with Crippen molar-refractivity contribution in [3.8, 4) is 0 Å². The summed E-state index contributed by atoms with van der Waals surface area (Å²) in [6, 6.07) is 0. The molecule has 1 saturated heterocycles. The van der Waals surface area contributed by atoms with Crippen LogP contribution >= 0.6 is 0 Å². The van der Waals surface area contributed by atoms with Crippen molar-refractivity contribution in [3.63, 3.8) is 0 Å². The fourth-order valence-electron chi connectivity index (χ4n) is 11.0. The van der Waals surface area contributed by atoms with Crippen LogP contribution in [-0.2, 0) is 19.1 Å². The lowest BCUT2D eigenvalue weighted by Gasteiger charge is -2.69. The topological polar surface area (TPSA) is 77.3 Å². The van der Waals surface area contributed by atoms with Crippen molar-refractivity contribution < 1.29 is 23.9 Å². The summed E-state index contributed by atoms with van der Waals surface area (Å²) in [5, 5.41) is 0. The summed E-state index contributed by atoms with van der Waals surface area (Å²) in [5.41, 5.74) is -0.457. The van der Waals surface area contributed by atoms with Gasteiger partial charge in [0.05, 0.1) is 26.4 Å². The van der Waals surface area contributed by atoms with Crippen LogP contribution in [0.15, 0.2) is 23.4 Å². The third-order valence-electron chi connectivity index (χ3n) is 13.8. The van der Waals surface area contributed by atoms with Crippen molar-refractivity contribution in [3.05, 3.63) is 34.8 Å². The molecule has 43 heavy (non-hydrogen) atoms. The second-order valence-corrected chi connectivity index (χ2v) is 16.7. The molecule has 0 unspecified atom stereocenters. The maximum absolute atomic E-state index is 14.7. The summed E-state index contributed by atoms with van der Waals surface area (Å²) >= 11 is 0. The SMILES string of the molecule is [C-]#[N+]C1=C[C@]2(C)C3=CC(=O)[C@@H]4[C@@H]5CC(C)(C)CC[C@]5(COC(=O)N5CCOCC5)CC[C@@]4(C)[C@]3(C)CC[C@H]2C(C)(C)C1=O. The van der Waals surface area contributed by atoms with Crippen molar-refractivity contribution in [1.82, 2.24) is 4.90 Å². The Labute approximate surface area is 257 Å². The molecule has 6 aliphatic rings. The van der Waals surface area contributed by atoms with E-state index in [0.29, 0.717) is 32.9 Å². The monoisotopic (exact) mass is 590 g/mol. The number of morpholine rings is 1. The quantitative estimate of drug-likeness (QED) is 0.323. The molecule has 7 nitrogen and oxygen atoms in total. The Morgan fingerprint density at radius 3 is 2.37 bits per heavy atom. The van der Waals surface area contributed by atoms with Gasteiger partial charge in [-0.05, 0) is 79.1 Å². The number of amides is 1. The van der Waals surface area contributed by atoms with Gasteiger partial charge in [0.2, 0.25) is 5.70 Å². The Kier molecular flexibility index (Phi) is 6.94. The minimum Gasteiger partial charge on any atom is -0.449 e. The zero-order valence-electron chi connectivity index (χ0n) is 27.3. The number of carbonyl (C=O) groups is 3. The molecule has 0 aromatic carbocycles. The number of Topliss-reactive ketones (excluding diaryl/α,β-unsaturated/α-hetero) is 1. The third-order valence-corrected chi connectivity index (χ3v) is 13.8. The highest BCUT2D eigenvalue weighted by Crippen LogP contribution is 2.74. The number of carbonyl (C=O) groups excluding carboxylic acids is 3. The van der Waals surface area contributed by atoms with E-state index in [1.165, 1.54) is 0 Å². The molecule has 5 aliphatic carbocycles. The molecule has 0 aromatic heterocycles. The van der Waals surface area contributed by atoms with Gasteiger partial charge in [0, 0.05) is 35.3 Å². The molecule has 234 valence electrons. The zero-order chi connectivity index (χ0) is 31.2.